The van der Waals surface area contributed by atoms with Crippen LogP contribution in [0, 0.1) is 11.3 Å². The topological polar surface area (TPSA) is 60.7 Å². The van der Waals surface area contributed by atoms with Crippen LogP contribution in [-0.4, -0.2) is 33.6 Å². The van der Waals surface area contributed by atoms with Crippen molar-refractivity contribution in [1.29, 1.82) is 0 Å². The van der Waals surface area contributed by atoms with Gasteiger partial charge in [0.1, 0.15) is 6.10 Å². The zero-order valence-corrected chi connectivity index (χ0v) is 7.86. The molecule has 3 N–H and O–H groups in total. The second kappa shape index (κ2) is 2.98. The fraction of sp³-hybridized carbons (Fsp3) is 1.00. The molecule has 0 heterocycles. The molecule has 1 aliphatic carbocycles. The summed E-state index contributed by atoms with van der Waals surface area (Å²) in [5, 5.41) is 28.3. The first-order valence-electron chi connectivity index (χ1n) is 4.40. The Balaban J connectivity index is 2.78. The third-order valence-electron chi connectivity index (χ3n) is 3.22. The third kappa shape index (κ3) is 1.49. The van der Waals surface area contributed by atoms with Crippen molar-refractivity contribution in [3.63, 3.8) is 0 Å². The average molecular weight is 174 g/mol. The Morgan fingerprint density at radius 1 is 1.08 bits per heavy atom. The minimum atomic E-state index is -0.979. The van der Waals surface area contributed by atoms with Gasteiger partial charge in [-0.05, 0) is 17.8 Å². The standard InChI is InChI=1S/C9H18O3/c1-5-7(11)8(12)6(10)4-9(5,2)3/h5-8,10-12H,4H2,1-3H3. The van der Waals surface area contributed by atoms with Crippen molar-refractivity contribution in [3.8, 4) is 0 Å². The summed E-state index contributed by atoms with van der Waals surface area (Å²) in [5.74, 6) is 0.0240. The number of rotatable bonds is 0. The molecule has 0 radical (unpaired) electrons. The highest BCUT2D eigenvalue weighted by molar-refractivity contribution is 4.94. The molecule has 1 fully saturated rings. The molecular weight excluding hydrogens is 156 g/mol. The van der Waals surface area contributed by atoms with E-state index < -0.39 is 18.3 Å². The first-order chi connectivity index (χ1) is 5.36. The summed E-state index contributed by atoms with van der Waals surface area (Å²) in [6, 6.07) is 0. The quantitative estimate of drug-likeness (QED) is 0.489. The third-order valence-corrected chi connectivity index (χ3v) is 3.22. The molecule has 3 heteroatoms. The van der Waals surface area contributed by atoms with Gasteiger partial charge in [0, 0.05) is 0 Å². The SMILES string of the molecule is CC1C(O)C(O)C(O)CC1(C)C. The minimum Gasteiger partial charge on any atom is -0.390 e. The van der Waals surface area contributed by atoms with Crippen LogP contribution in [0.3, 0.4) is 0 Å². The van der Waals surface area contributed by atoms with Crippen LogP contribution in [0.2, 0.25) is 0 Å². The van der Waals surface area contributed by atoms with Gasteiger partial charge in [-0.3, -0.25) is 0 Å². The molecule has 0 aromatic carbocycles. The lowest BCUT2D eigenvalue weighted by molar-refractivity contribution is -0.146. The summed E-state index contributed by atoms with van der Waals surface area (Å²) in [6.45, 7) is 5.89. The maximum absolute atomic E-state index is 9.54. The van der Waals surface area contributed by atoms with E-state index in [1.165, 1.54) is 0 Å². The normalized spacial score (nSPS) is 47.5. The number of aliphatic hydroxyl groups is 3. The van der Waals surface area contributed by atoms with Crippen molar-refractivity contribution in [2.45, 2.75) is 45.5 Å². The number of aliphatic hydroxyl groups excluding tert-OH is 3. The summed E-state index contributed by atoms with van der Waals surface area (Å²) < 4.78 is 0. The van der Waals surface area contributed by atoms with E-state index in [2.05, 4.69) is 0 Å². The summed E-state index contributed by atoms with van der Waals surface area (Å²) in [6.07, 6.45) is -2.02. The highest BCUT2D eigenvalue weighted by Crippen LogP contribution is 2.40. The van der Waals surface area contributed by atoms with Crippen LogP contribution in [-0.2, 0) is 0 Å². The van der Waals surface area contributed by atoms with Gasteiger partial charge in [0.2, 0.25) is 0 Å². The van der Waals surface area contributed by atoms with E-state index in [9.17, 15) is 15.3 Å². The fourth-order valence-electron chi connectivity index (χ4n) is 1.83. The highest BCUT2D eigenvalue weighted by Gasteiger charge is 2.44. The Morgan fingerprint density at radius 3 is 2.08 bits per heavy atom. The largest absolute Gasteiger partial charge is 0.390 e. The lowest BCUT2D eigenvalue weighted by Gasteiger charge is -2.44. The maximum atomic E-state index is 9.54. The molecule has 0 amide bonds. The predicted octanol–water partition coefficient (Wildman–Crippen LogP) is 0.135. The van der Waals surface area contributed by atoms with E-state index in [4.69, 9.17) is 0 Å². The molecule has 1 saturated carbocycles. The fourth-order valence-corrected chi connectivity index (χ4v) is 1.83. The summed E-state index contributed by atoms with van der Waals surface area (Å²) in [5.41, 5.74) is -0.0991. The van der Waals surface area contributed by atoms with Gasteiger partial charge in [-0.15, -0.1) is 0 Å². The van der Waals surface area contributed by atoms with Crippen LogP contribution in [0.4, 0.5) is 0 Å². The molecule has 0 aromatic rings. The molecule has 1 aliphatic rings. The van der Waals surface area contributed by atoms with Crippen LogP contribution in [0.15, 0.2) is 0 Å². The van der Waals surface area contributed by atoms with Gasteiger partial charge in [-0.25, -0.2) is 0 Å². The van der Waals surface area contributed by atoms with Gasteiger partial charge < -0.3 is 15.3 Å². The monoisotopic (exact) mass is 174 g/mol. The molecule has 0 spiro atoms. The van der Waals surface area contributed by atoms with E-state index >= 15 is 0 Å². The van der Waals surface area contributed by atoms with Gasteiger partial charge in [0.05, 0.1) is 12.2 Å². The van der Waals surface area contributed by atoms with E-state index in [1.807, 2.05) is 20.8 Å². The van der Waals surface area contributed by atoms with Gasteiger partial charge >= 0.3 is 0 Å². The molecule has 12 heavy (non-hydrogen) atoms. The van der Waals surface area contributed by atoms with Crippen molar-refractivity contribution >= 4 is 0 Å². The molecule has 0 bridgehead atoms. The molecule has 0 aromatic heterocycles. The van der Waals surface area contributed by atoms with E-state index in [0.29, 0.717) is 6.42 Å². The first-order valence-corrected chi connectivity index (χ1v) is 4.40. The summed E-state index contributed by atoms with van der Waals surface area (Å²) >= 11 is 0. The Bertz CT molecular complexity index is 167. The lowest BCUT2D eigenvalue weighted by Crippen LogP contribution is -2.52. The van der Waals surface area contributed by atoms with Crippen LogP contribution < -0.4 is 0 Å². The molecule has 0 aliphatic heterocycles. The molecule has 4 unspecified atom stereocenters. The van der Waals surface area contributed by atoms with Crippen molar-refractivity contribution in [3.05, 3.63) is 0 Å². The van der Waals surface area contributed by atoms with Crippen LogP contribution >= 0.6 is 0 Å². The van der Waals surface area contributed by atoms with Gasteiger partial charge in [-0.1, -0.05) is 20.8 Å². The second-order valence-corrected chi connectivity index (χ2v) is 4.53. The number of hydrogen-bond acceptors (Lipinski definition) is 3. The van der Waals surface area contributed by atoms with E-state index in [0.717, 1.165) is 0 Å². The lowest BCUT2D eigenvalue weighted by atomic mass is 9.66. The van der Waals surface area contributed by atoms with Crippen LogP contribution in [0.5, 0.6) is 0 Å². The Hall–Kier alpha value is -0.120. The van der Waals surface area contributed by atoms with Crippen molar-refractivity contribution < 1.29 is 15.3 Å². The average Bonchev–Trinajstić information content (AvgIpc) is 1.97. The Labute approximate surface area is 73.0 Å². The summed E-state index contributed by atoms with van der Waals surface area (Å²) in [4.78, 5) is 0. The van der Waals surface area contributed by atoms with Crippen molar-refractivity contribution in [2.75, 3.05) is 0 Å². The zero-order chi connectivity index (χ0) is 9.52. The molecule has 0 saturated heterocycles. The minimum absolute atomic E-state index is 0.0240. The first kappa shape index (κ1) is 9.96. The van der Waals surface area contributed by atoms with Crippen molar-refractivity contribution in [2.24, 2.45) is 11.3 Å². The van der Waals surface area contributed by atoms with Crippen molar-refractivity contribution in [1.82, 2.24) is 0 Å². The highest BCUT2D eigenvalue weighted by atomic mass is 16.4. The van der Waals surface area contributed by atoms with Gasteiger partial charge in [0.25, 0.3) is 0 Å². The maximum Gasteiger partial charge on any atom is 0.106 e. The van der Waals surface area contributed by atoms with E-state index in [1.54, 1.807) is 0 Å². The summed E-state index contributed by atoms with van der Waals surface area (Å²) in [7, 11) is 0. The second-order valence-electron chi connectivity index (χ2n) is 4.53. The Morgan fingerprint density at radius 2 is 1.58 bits per heavy atom. The molecule has 4 atom stereocenters. The smallest absolute Gasteiger partial charge is 0.106 e. The van der Waals surface area contributed by atoms with Crippen LogP contribution in [0.1, 0.15) is 27.2 Å². The molecule has 1 rings (SSSR count). The zero-order valence-electron chi connectivity index (χ0n) is 7.86. The van der Waals surface area contributed by atoms with E-state index in [-0.39, 0.29) is 11.3 Å². The number of hydrogen-bond donors (Lipinski definition) is 3. The molecule has 72 valence electrons. The molecule has 3 nitrogen and oxygen atoms in total. The molecular formula is C9H18O3. The Kier molecular flexibility index (Phi) is 2.47. The van der Waals surface area contributed by atoms with Gasteiger partial charge in [-0.2, -0.15) is 0 Å². The van der Waals surface area contributed by atoms with Gasteiger partial charge in [0.15, 0.2) is 0 Å². The predicted molar refractivity (Wildman–Crippen MR) is 45.6 cm³/mol. The van der Waals surface area contributed by atoms with Crippen LogP contribution in [0.25, 0.3) is 0 Å².